The number of ether oxygens (including phenoxy) is 1. The van der Waals surface area contributed by atoms with E-state index in [1.165, 1.54) is 23.0 Å². The van der Waals surface area contributed by atoms with Crippen LogP contribution in [0.1, 0.15) is 25.0 Å². The van der Waals surface area contributed by atoms with Crippen LogP contribution in [0.5, 0.6) is 0 Å². The number of halogens is 3. The molecule has 2 bridgehead atoms. The minimum Gasteiger partial charge on any atom is -0.376 e. The highest BCUT2D eigenvalue weighted by Gasteiger charge is 2.47. The van der Waals surface area contributed by atoms with Gasteiger partial charge in [0.1, 0.15) is 23.8 Å². The molecular formula is C19H22F3N5O3. The lowest BCUT2D eigenvalue weighted by molar-refractivity contribution is -0.153. The maximum atomic E-state index is 13.8. The molecule has 6 rings (SSSR count). The first kappa shape index (κ1) is 19.4. The molecule has 2 aromatic heterocycles. The van der Waals surface area contributed by atoms with Crippen LogP contribution in [0.3, 0.4) is 0 Å². The Labute approximate surface area is 170 Å². The molecule has 0 spiro atoms. The number of alkyl halides is 3. The summed E-state index contributed by atoms with van der Waals surface area (Å²) in [6.07, 6.45) is -1.33. The molecule has 0 saturated carbocycles. The third kappa shape index (κ3) is 3.55. The van der Waals surface area contributed by atoms with E-state index in [4.69, 9.17) is 9.26 Å². The number of nitrogens with zero attached hydrogens (tertiary/aromatic N) is 5. The van der Waals surface area contributed by atoms with Crippen LogP contribution in [-0.4, -0.2) is 52.7 Å². The third-order valence-corrected chi connectivity index (χ3v) is 6.13. The van der Waals surface area contributed by atoms with E-state index in [1.807, 2.05) is 4.90 Å². The zero-order chi connectivity index (χ0) is 20.9. The molecule has 0 radical (unpaired) electrons. The highest BCUT2D eigenvalue weighted by atomic mass is 19.4. The van der Waals surface area contributed by atoms with Gasteiger partial charge in [0.15, 0.2) is 0 Å². The number of hydrogen-bond acceptors (Lipinski definition) is 7. The van der Waals surface area contributed by atoms with E-state index >= 15 is 0 Å². The van der Waals surface area contributed by atoms with Crippen LogP contribution in [0.25, 0.3) is 0 Å². The van der Waals surface area contributed by atoms with Crippen LogP contribution in [0.15, 0.2) is 27.7 Å². The minimum atomic E-state index is -4.46. The van der Waals surface area contributed by atoms with Crippen molar-refractivity contribution in [2.75, 3.05) is 29.5 Å². The molecule has 3 saturated heterocycles. The molecule has 4 aliphatic rings. The van der Waals surface area contributed by atoms with Crippen molar-refractivity contribution in [3.63, 3.8) is 0 Å². The van der Waals surface area contributed by atoms with E-state index in [-0.39, 0.29) is 37.1 Å². The van der Waals surface area contributed by atoms with Gasteiger partial charge in [0.25, 0.3) is 5.56 Å². The lowest BCUT2D eigenvalue weighted by Gasteiger charge is -2.39. The van der Waals surface area contributed by atoms with Gasteiger partial charge in [0, 0.05) is 31.8 Å². The fourth-order valence-electron chi connectivity index (χ4n) is 4.60. The molecular weight excluding hydrogens is 403 g/mol. The van der Waals surface area contributed by atoms with E-state index < -0.39 is 12.2 Å². The standard InChI is InChI=1S/C19H22F3N5O3/c20-19(21,22)15-3-5-26-17(28)7-16(25-8-12-1-2-14(10-25)29-11-12)23-18(26)27(15)9-13-4-6-30-24-13/h4,6-7,12,14-15H,1-3,5,8-11H2. The summed E-state index contributed by atoms with van der Waals surface area (Å²) in [6, 6.07) is 1.19. The molecule has 162 valence electrons. The van der Waals surface area contributed by atoms with Crippen molar-refractivity contribution in [1.82, 2.24) is 14.7 Å². The summed E-state index contributed by atoms with van der Waals surface area (Å²) < 4.78 is 53.3. The highest BCUT2D eigenvalue weighted by molar-refractivity contribution is 5.47. The summed E-state index contributed by atoms with van der Waals surface area (Å²) in [4.78, 5) is 20.5. The lowest BCUT2D eigenvalue weighted by atomic mass is 10.0. The molecule has 3 unspecified atom stereocenters. The van der Waals surface area contributed by atoms with Crippen LogP contribution in [-0.2, 0) is 17.8 Å². The monoisotopic (exact) mass is 425 g/mol. The second kappa shape index (κ2) is 7.29. The Bertz CT molecular complexity index is 939. The average molecular weight is 425 g/mol. The van der Waals surface area contributed by atoms with E-state index in [0.717, 1.165) is 17.7 Å². The maximum Gasteiger partial charge on any atom is 0.408 e. The first-order chi connectivity index (χ1) is 14.4. The van der Waals surface area contributed by atoms with E-state index in [1.54, 1.807) is 0 Å². The van der Waals surface area contributed by atoms with Crippen molar-refractivity contribution in [1.29, 1.82) is 0 Å². The minimum absolute atomic E-state index is 0.0200. The van der Waals surface area contributed by atoms with Gasteiger partial charge in [-0.05, 0) is 25.2 Å². The topological polar surface area (TPSA) is 76.6 Å². The molecule has 3 fully saturated rings. The number of aromatic nitrogens is 3. The Morgan fingerprint density at radius 1 is 1.20 bits per heavy atom. The largest absolute Gasteiger partial charge is 0.408 e. The smallest absolute Gasteiger partial charge is 0.376 e. The zero-order valence-corrected chi connectivity index (χ0v) is 16.2. The highest BCUT2D eigenvalue weighted by Crippen LogP contribution is 2.36. The third-order valence-electron chi connectivity index (χ3n) is 6.13. The lowest BCUT2D eigenvalue weighted by Crippen LogP contribution is -2.52. The van der Waals surface area contributed by atoms with Crippen molar-refractivity contribution in [3.05, 3.63) is 34.4 Å². The Morgan fingerprint density at radius 2 is 2.07 bits per heavy atom. The van der Waals surface area contributed by atoms with Gasteiger partial charge >= 0.3 is 6.18 Å². The van der Waals surface area contributed by atoms with Crippen molar-refractivity contribution in [2.45, 2.75) is 50.7 Å². The predicted octanol–water partition coefficient (Wildman–Crippen LogP) is 2.19. The Hall–Kier alpha value is -2.56. The molecule has 0 amide bonds. The van der Waals surface area contributed by atoms with Crippen LogP contribution in [0.2, 0.25) is 0 Å². The number of anilines is 2. The van der Waals surface area contributed by atoms with E-state index in [0.29, 0.717) is 37.1 Å². The number of hydrogen-bond donors (Lipinski definition) is 0. The van der Waals surface area contributed by atoms with Gasteiger partial charge in [-0.3, -0.25) is 9.36 Å². The summed E-state index contributed by atoms with van der Waals surface area (Å²) in [5, 5.41) is 3.75. The molecule has 2 aromatic rings. The van der Waals surface area contributed by atoms with Crippen LogP contribution in [0, 0.1) is 5.92 Å². The van der Waals surface area contributed by atoms with Gasteiger partial charge in [0.05, 0.1) is 19.3 Å². The molecule has 6 heterocycles. The first-order valence-electron chi connectivity index (χ1n) is 10.1. The summed E-state index contributed by atoms with van der Waals surface area (Å²) in [5.74, 6) is 0.756. The van der Waals surface area contributed by atoms with Crippen molar-refractivity contribution >= 4 is 11.8 Å². The summed E-state index contributed by atoms with van der Waals surface area (Å²) in [7, 11) is 0. The Balaban J connectivity index is 1.55. The SMILES string of the molecule is O=c1cc(N2CC3CCC(C2)OC3)nc2n1CCC(C(F)(F)F)N2Cc1ccon1. The normalized spacial score (nSPS) is 26.6. The van der Waals surface area contributed by atoms with Gasteiger partial charge in [-0.2, -0.15) is 18.2 Å². The molecule has 0 aromatic carbocycles. The first-order valence-corrected chi connectivity index (χ1v) is 10.1. The van der Waals surface area contributed by atoms with Crippen LogP contribution in [0.4, 0.5) is 24.9 Å². The average Bonchev–Trinajstić information content (AvgIpc) is 3.03. The van der Waals surface area contributed by atoms with E-state index in [2.05, 4.69) is 10.1 Å². The fraction of sp³-hybridized carbons (Fsp3) is 0.632. The van der Waals surface area contributed by atoms with Gasteiger partial charge < -0.3 is 19.1 Å². The van der Waals surface area contributed by atoms with Crippen LogP contribution < -0.4 is 15.4 Å². The van der Waals surface area contributed by atoms with Crippen molar-refractivity contribution < 1.29 is 22.4 Å². The van der Waals surface area contributed by atoms with Gasteiger partial charge in [-0.1, -0.05) is 5.16 Å². The van der Waals surface area contributed by atoms with Gasteiger partial charge in [0.2, 0.25) is 5.95 Å². The summed E-state index contributed by atoms with van der Waals surface area (Å²) in [5.41, 5.74) is -0.00291. The molecule has 8 nitrogen and oxygen atoms in total. The second-order valence-electron chi connectivity index (χ2n) is 8.17. The Morgan fingerprint density at radius 3 is 2.77 bits per heavy atom. The van der Waals surface area contributed by atoms with Crippen molar-refractivity contribution in [2.24, 2.45) is 5.92 Å². The maximum absolute atomic E-state index is 13.8. The molecule has 4 aliphatic heterocycles. The molecule has 3 atom stereocenters. The Kier molecular flexibility index (Phi) is 4.72. The fourth-order valence-corrected chi connectivity index (χ4v) is 4.60. The molecule has 30 heavy (non-hydrogen) atoms. The quantitative estimate of drug-likeness (QED) is 0.746. The molecule has 11 heteroatoms. The number of rotatable bonds is 3. The number of fused-ring (bicyclic) bond motifs is 5. The predicted molar refractivity (Wildman–Crippen MR) is 100 cm³/mol. The van der Waals surface area contributed by atoms with Crippen LogP contribution >= 0.6 is 0 Å². The van der Waals surface area contributed by atoms with E-state index in [9.17, 15) is 18.0 Å². The summed E-state index contributed by atoms with van der Waals surface area (Å²) in [6.45, 7) is 1.75. The van der Waals surface area contributed by atoms with Gasteiger partial charge in [-0.15, -0.1) is 0 Å². The molecule has 0 N–H and O–H groups in total. The summed E-state index contributed by atoms with van der Waals surface area (Å²) >= 11 is 0. The van der Waals surface area contributed by atoms with Gasteiger partial charge in [-0.25, -0.2) is 0 Å². The zero-order valence-electron chi connectivity index (χ0n) is 16.2. The molecule has 0 aliphatic carbocycles. The second-order valence-corrected chi connectivity index (χ2v) is 8.17. The van der Waals surface area contributed by atoms with Crippen molar-refractivity contribution in [3.8, 4) is 0 Å².